The molecular formula is C15H23N3S. The SMILES string of the molecule is CCCC(CCC)=NNC(=S)NCc1ccccc1. The Balaban J connectivity index is 2.35. The number of benzene rings is 1. The Kier molecular flexibility index (Phi) is 7.82. The highest BCUT2D eigenvalue weighted by atomic mass is 32.1. The maximum absolute atomic E-state index is 5.21. The molecule has 0 radical (unpaired) electrons. The van der Waals surface area contributed by atoms with Crippen LogP contribution in [0.2, 0.25) is 0 Å². The molecule has 0 heterocycles. The minimum Gasteiger partial charge on any atom is -0.357 e. The molecule has 2 N–H and O–H groups in total. The second-order valence-corrected chi connectivity index (χ2v) is 4.87. The highest BCUT2D eigenvalue weighted by Gasteiger charge is 1.98. The summed E-state index contributed by atoms with van der Waals surface area (Å²) in [5.41, 5.74) is 5.33. The Morgan fingerprint density at radius 1 is 1.11 bits per heavy atom. The summed E-state index contributed by atoms with van der Waals surface area (Å²) in [7, 11) is 0. The van der Waals surface area contributed by atoms with Crippen LogP contribution >= 0.6 is 12.2 Å². The van der Waals surface area contributed by atoms with Crippen LogP contribution in [-0.4, -0.2) is 10.8 Å². The highest BCUT2D eigenvalue weighted by molar-refractivity contribution is 7.80. The fourth-order valence-corrected chi connectivity index (χ4v) is 1.88. The van der Waals surface area contributed by atoms with Gasteiger partial charge in [0.05, 0.1) is 0 Å². The first-order chi connectivity index (χ1) is 9.26. The van der Waals surface area contributed by atoms with Crippen LogP contribution in [0.5, 0.6) is 0 Å². The third kappa shape index (κ3) is 6.91. The molecule has 0 fully saturated rings. The van der Waals surface area contributed by atoms with Crippen LogP contribution in [0.1, 0.15) is 45.1 Å². The summed E-state index contributed by atoms with van der Waals surface area (Å²) in [4.78, 5) is 0. The van der Waals surface area contributed by atoms with E-state index in [1.54, 1.807) is 0 Å². The number of hydrogen-bond acceptors (Lipinski definition) is 2. The van der Waals surface area contributed by atoms with Gasteiger partial charge >= 0.3 is 0 Å². The van der Waals surface area contributed by atoms with Crippen molar-refractivity contribution in [1.29, 1.82) is 0 Å². The number of rotatable bonds is 7. The Morgan fingerprint density at radius 3 is 2.32 bits per heavy atom. The molecule has 1 aromatic carbocycles. The van der Waals surface area contributed by atoms with Crippen LogP contribution in [0.15, 0.2) is 35.4 Å². The van der Waals surface area contributed by atoms with Crippen molar-refractivity contribution >= 4 is 23.0 Å². The second kappa shape index (κ2) is 9.50. The fraction of sp³-hybridized carbons (Fsp3) is 0.467. The first-order valence-electron chi connectivity index (χ1n) is 6.89. The Bertz CT molecular complexity index is 393. The van der Waals surface area contributed by atoms with E-state index in [0.29, 0.717) is 5.11 Å². The van der Waals surface area contributed by atoms with Gasteiger partial charge < -0.3 is 5.32 Å². The Hall–Kier alpha value is -1.42. The Morgan fingerprint density at radius 2 is 1.74 bits per heavy atom. The van der Waals surface area contributed by atoms with Gasteiger partial charge in [-0.2, -0.15) is 5.10 Å². The van der Waals surface area contributed by atoms with E-state index in [2.05, 4.69) is 41.8 Å². The zero-order valence-electron chi connectivity index (χ0n) is 11.8. The number of hydrazone groups is 1. The van der Waals surface area contributed by atoms with Crippen molar-refractivity contribution < 1.29 is 0 Å². The van der Waals surface area contributed by atoms with Gasteiger partial charge in [-0.1, -0.05) is 57.0 Å². The fourth-order valence-electron chi connectivity index (χ4n) is 1.76. The summed E-state index contributed by atoms with van der Waals surface area (Å²) in [6, 6.07) is 10.2. The molecule has 0 unspecified atom stereocenters. The van der Waals surface area contributed by atoms with Crippen LogP contribution in [-0.2, 0) is 6.54 Å². The van der Waals surface area contributed by atoms with E-state index >= 15 is 0 Å². The zero-order valence-corrected chi connectivity index (χ0v) is 12.6. The van der Waals surface area contributed by atoms with Crippen LogP contribution in [0.25, 0.3) is 0 Å². The number of nitrogens with one attached hydrogen (secondary N) is 2. The summed E-state index contributed by atoms with van der Waals surface area (Å²) in [6.45, 7) is 5.05. The molecule has 3 nitrogen and oxygen atoms in total. The molecule has 0 spiro atoms. The molecule has 104 valence electrons. The zero-order chi connectivity index (χ0) is 13.9. The average molecular weight is 277 g/mol. The second-order valence-electron chi connectivity index (χ2n) is 4.46. The lowest BCUT2D eigenvalue weighted by molar-refractivity contribution is 0.843. The van der Waals surface area contributed by atoms with Gasteiger partial charge in [0.25, 0.3) is 0 Å². The van der Waals surface area contributed by atoms with Crippen molar-refractivity contribution in [3.05, 3.63) is 35.9 Å². The quantitative estimate of drug-likeness (QED) is 0.454. The highest BCUT2D eigenvalue weighted by Crippen LogP contribution is 2.00. The molecule has 19 heavy (non-hydrogen) atoms. The number of thiocarbonyl (C=S) groups is 1. The number of hydrogen-bond donors (Lipinski definition) is 2. The molecule has 0 aliphatic heterocycles. The molecule has 0 saturated heterocycles. The smallest absolute Gasteiger partial charge is 0.187 e. The Labute approximate surface area is 121 Å². The first-order valence-corrected chi connectivity index (χ1v) is 7.30. The van der Waals surface area contributed by atoms with Gasteiger partial charge in [0.2, 0.25) is 0 Å². The van der Waals surface area contributed by atoms with Crippen LogP contribution < -0.4 is 10.7 Å². The van der Waals surface area contributed by atoms with Gasteiger partial charge in [0.15, 0.2) is 5.11 Å². The lowest BCUT2D eigenvalue weighted by atomic mass is 10.1. The van der Waals surface area contributed by atoms with Crippen LogP contribution in [0, 0.1) is 0 Å². The molecular weight excluding hydrogens is 254 g/mol. The van der Waals surface area contributed by atoms with Crippen molar-refractivity contribution in [3.8, 4) is 0 Å². The van der Waals surface area contributed by atoms with Gasteiger partial charge in [0.1, 0.15) is 0 Å². The largest absolute Gasteiger partial charge is 0.357 e. The van der Waals surface area contributed by atoms with Gasteiger partial charge in [-0.3, -0.25) is 5.43 Å². The van der Waals surface area contributed by atoms with Crippen molar-refractivity contribution in [3.63, 3.8) is 0 Å². The minimum absolute atomic E-state index is 0.577. The maximum atomic E-state index is 5.21. The van der Waals surface area contributed by atoms with E-state index in [9.17, 15) is 0 Å². The monoisotopic (exact) mass is 277 g/mol. The van der Waals surface area contributed by atoms with Gasteiger partial charge in [-0.05, 0) is 30.6 Å². The maximum Gasteiger partial charge on any atom is 0.187 e. The number of nitrogens with zero attached hydrogens (tertiary/aromatic N) is 1. The van der Waals surface area contributed by atoms with Crippen LogP contribution in [0.4, 0.5) is 0 Å². The van der Waals surface area contributed by atoms with Crippen molar-refractivity contribution in [2.75, 3.05) is 0 Å². The topological polar surface area (TPSA) is 36.4 Å². The van der Waals surface area contributed by atoms with Gasteiger partial charge in [-0.15, -0.1) is 0 Å². The third-order valence-electron chi connectivity index (χ3n) is 2.69. The van der Waals surface area contributed by atoms with Crippen molar-refractivity contribution in [1.82, 2.24) is 10.7 Å². The predicted molar refractivity (Wildman–Crippen MR) is 86.3 cm³/mol. The summed E-state index contributed by atoms with van der Waals surface area (Å²) in [5, 5.41) is 8.11. The van der Waals surface area contributed by atoms with E-state index in [0.717, 1.165) is 32.2 Å². The predicted octanol–water partition coefficient (Wildman–Crippen LogP) is 3.61. The summed E-state index contributed by atoms with van der Waals surface area (Å²) in [6.07, 6.45) is 4.29. The van der Waals surface area contributed by atoms with E-state index < -0.39 is 0 Å². The van der Waals surface area contributed by atoms with Crippen molar-refractivity contribution in [2.45, 2.75) is 46.1 Å². The minimum atomic E-state index is 0.577. The van der Waals surface area contributed by atoms with Crippen molar-refractivity contribution in [2.24, 2.45) is 5.10 Å². The van der Waals surface area contributed by atoms with E-state index in [1.807, 2.05) is 18.2 Å². The first kappa shape index (κ1) is 15.6. The molecule has 0 aliphatic carbocycles. The molecule has 0 saturated carbocycles. The van der Waals surface area contributed by atoms with E-state index in [1.165, 1.54) is 11.3 Å². The lowest BCUT2D eigenvalue weighted by Gasteiger charge is -2.09. The van der Waals surface area contributed by atoms with Gasteiger partial charge in [-0.25, -0.2) is 0 Å². The normalized spacial score (nSPS) is 9.79. The summed E-state index contributed by atoms with van der Waals surface area (Å²) >= 11 is 5.21. The average Bonchev–Trinajstić information content (AvgIpc) is 2.44. The lowest BCUT2D eigenvalue weighted by Crippen LogP contribution is -2.32. The third-order valence-corrected chi connectivity index (χ3v) is 2.92. The molecule has 1 rings (SSSR count). The molecule has 1 aromatic rings. The molecule has 0 atom stereocenters. The van der Waals surface area contributed by atoms with Gasteiger partial charge in [0, 0.05) is 12.3 Å². The molecule has 0 bridgehead atoms. The van der Waals surface area contributed by atoms with Crippen LogP contribution in [0.3, 0.4) is 0 Å². The van der Waals surface area contributed by atoms with E-state index in [4.69, 9.17) is 12.2 Å². The molecule has 0 aromatic heterocycles. The summed E-state index contributed by atoms with van der Waals surface area (Å²) in [5.74, 6) is 0. The molecule has 4 heteroatoms. The summed E-state index contributed by atoms with van der Waals surface area (Å²) < 4.78 is 0. The van der Waals surface area contributed by atoms with E-state index in [-0.39, 0.29) is 0 Å². The molecule has 0 aliphatic rings. The molecule has 0 amide bonds. The standard InChI is InChI=1S/C15H23N3S/c1-3-8-14(9-4-2)17-18-15(19)16-12-13-10-6-5-7-11-13/h5-7,10-11H,3-4,8-9,12H2,1-2H3,(H2,16,18,19).